The summed E-state index contributed by atoms with van der Waals surface area (Å²) in [7, 11) is 0. The Morgan fingerprint density at radius 3 is 2.65 bits per heavy atom. The maximum atomic E-state index is 13.1. The molecule has 1 amide bonds. The first-order valence-corrected chi connectivity index (χ1v) is 9.01. The number of aryl methyl sites for hydroxylation is 1. The average molecular weight is 392 g/mol. The molecule has 0 saturated heterocycles. The third kappa shape index (κ3) is 4.42. The Balaban J connectivity index is 1.65. The first-order valence-electron chi connectivity index (χ1n) is 7.75. The fourth-order valence-corrected chi connectivity index (χ4v) is 3.00. The van der Waals surface area contributed by atoms with Crippen LogP contribution in [0.5, 0.6) is 0 Å². The van der Waals surface area contributed by atoms with Crippen LogP contribution < -0.4 is 5.32 Å². The monoisotopic (exact) mass is 391 g/mol. The smallest absolute Gasteiger partial charge is 0.277 e. The lowest BCUT2D eigenvalue weighted by Gasteiger charge is -2.11. The van der Waals surface area contributed by atoms with Crippen LogP contribution in [0.4, 0.5) is 10.1 Å². The molecule has 0 fully saturated rings. The molecule has 0 aliphatic rings. The molecule has 26 heavy (non-hydrogen) atoms. The molecule has 0 spiro atoms. The number of nitrogens with one attached hydrogen (secondary N) is 1. The number of aromatic nitrogens is 2. The summed E-state index contributed by atoms with van der Waals surface area (Å²) in [4.78, 5) is 12.3. The van der Waals surface area contributed by atoms with Crippen LogP contribution in [0.25, 0.3) is 11.5 Å². The number of benzene rings is 2. The average Bonchev–Trinajstić information content (AvgIpc) is 3.06. The zero-order chi connectivity index (χ0) is 18.7. The molecule has 3 aromatic rings. The topological polar surface area (TPSA) is 68.0 Å². The van der Waals surface area contributed by atoms with Gasteiger partial charge in [-0.25, -0.2) is 4.39 Å². The van der Waals surface area contributed by atoms with Crippen molar-refractivity contribution in [3.05, 3.63) is 58.9 Å². The van der Waals surface area contributed by atoms with Crippen LogP contribution in [0, 0.1) is 12.7 Å². The Kier molecular flexibility index (Phi) is 5.58. The summed E-state index contributed by atoms with van der Waals surface area (Å²) in [5.41, 5.74) is 2.29. The summed E-state index contributed by atoms with van der Waals surface area (Å²) >= 11 is 7.05. The lowest BCUT2D eigenvalue weighted by molar-refractivity contribution is -0.115. The van der Waals surface area contributed by atoms with E-state index in [1.165, 1.54) is 12.1 Å². The van der Waals surface area contributed by atoms with E-state index in [1.54, 1.807) is 6.92 Å². The van der Waals surface area contributed by atoms with E-state index in [9.17, 15) is 9.18 Å². The summed E-state index contributed by atoms with van der Waals surface area (Å²) in [6.07, 6.45) is 0. The van der Waals surface area contributed by atoms with Gasteiger partial charge in [-0.05, 0) is 44.2 Å². The number of rotatable bonds is 5. The van der Waals surface area contributed by atoms with Gasteiger partial charge >= 0.3 is 0 Å². The van der Waals surface area contributed by atoms with Crippen LogP contribution in [0.1, 0.15) is 12.5 Å². The van der Waals surface area contributed by atoms with Gasteiger partial charge in [0.2, 0.25) is 11.8 Å². The Bertz CT molecular complexity index is 930. The fourth-order valence-electron chi connectivity index (χ4n) is 2.10. The Hall–Kier alpha value is -2.38. The van der Waals surface area contributed by atoms with Crippen LogP contribution in [0.2, 0.25) is 5.02 Å². The summed E-state index contributed by atoms with van der Waals surface area (Å²) in [5, 5.41) is 10.5. The van der Waals surface area contributed by atoms with E-state index >= 15 is 0 Å². The van der Waals surface area contributed by atoms with Gasteiger partial charge in [0.15, 0.2) is 0 Å². The highest BCUT2D eigenvalue weighted by atomic mass is 35.5. The minimum absolute atomic E-state index is 0.134. The van der Waals surface area contributed by atoms with E-state index in [-0.39, 0.29) is 16.2 Å². The molecule has 1 aromatic heterocycles. The highest BCUT2D eigenvalue weighted by molar-refractivity contribution is 8.00. The number of halogens is 2. The van der Waals surface area contributed by atoms with Gasteiger partial charge in [0.05, 0.1) is 16.0 Å². The van der Waals surface area contributed by atoms with Crippen molar-refractivity contribution in [3.63, 3.8) is 0 Å². The van der Waals surface area contributed by atoms with Crippen molar-refractivity contribution >= 4 is 35.0 Å². The quantitative estimate of drug-likeness (QED) is 0.623. The molecule has 0 radical (unpaired) electrons. The predicted molar refractivity (Wildman–Crippen MR) is 99.8 cm³/mol. The Morgan fingerprint density at radius 2 is 1.96 bits per heavy atom. The van der Waals surface area contributed by atoms with Gasteiger partial charge in [-0.2, -0.15) is 0 Å². The standard InChI is InChI=1S/C18H15ClFN3O2S/c1-10-3-5-12(6-4-10)17-22-23-18(25-17)26-11(2)16(24)21-15-8-7-13(20)9-14(15)19/h3-9,11H,1-2H3,(H,21,24)/t11-/m0/s1. The highest BCUT2D eigenvalue weighted by Crippen LogP contribution is 2.28. The molecule has 5 nitrogen and oxygen atoms in total. The molecular weight excluding hydrogens is 377 g/mol. The number of carbonyl (C=O) groups is 1. The van der Waals surface area contributed by atoms with E-state index < -0.39 is 11.1 Å². The molecule has 1 N–H and O–H groups in total. The molecule has 0 aliphatic heterocycles. The molecular formula is C18H15ClFN3O2S. The third-order valence-corrected chi connectivity index (χ3v) is 4.79. The van der Waals surface area contributed by atoms with Gasteiger partial charge in [0.25, 0.3) is 5.22 Å². The number of thioether (sulfide) groups is 1. The lowest BCUT2D eigenvalue weighted by Crippen LogP contribution is -2.22. The van der Waals surface area contributed by atoms with Gasteiger partial charge in [-0.15, -0.1) is 10.2 Å². The van der Waals surface area contributed by atoms with Crippen molar-refractivity contribution in [2.45, 2.75) is 24.3 Å². The van der Waals surface area contributed by atoms with Crippen LogP contribution in [0.3, 0.4) is 0 Å². The third-order valence-electron chi connectivity index (χ3n) is 3.54. The van der Waals surface area contributed by atoms with Crippen molar-refractivity contribution in [3.8, 4) is 11.5 Å². The zero-order valence-electron chi connectivity index (χ0n) is 14.0. The van der Waals surface area contributed by atoms with E-state index in [4.69, 9.17) is 16.0 Å². The Labute approximate surface area is 159 Å². The lowest BCUT2D eigenvalue weighted by atomic mass is 10.1. The molecule has 134 valence electrons. The summed E-state index contributed by atoms with van der Waals surface area (Å²) < 4.78 is 18.7. The van der Waals surface area contributed by atoms with Gasteiger partial charge in [-0.1, -0.05) is 41.1 Å². The summed E-state index contributed by atoms with van der Waals surface area (Å²) in [5.74, 6) is -0.384. The second kappa shape index (κ2) is 7.88. The highest BCUT2D eigenvalue weighted by Gasteiger charge is 2.19. The SMILES string of the molecule is Cc1ccc(-c2nnc(S[C@@H](C)C(=O)Nc3ccc(F)cc3Cl)o2)cc1. The number of carbonyl (C=O) groups excluding carboxylic acids is 1. The molecule has 0 aliphatic carbocycles. The molecule has 1 atom stereocenters. The number of nitrogens with zero attached hydrogens (tertiary/aromatic N) is 2. The van der Waals surface area contributed by atoms with Gasteiger partial charge < -0.3 is 9.73 Å². The zero-order valence-corrected chi connectivity index (χ0v) is 15.6. The molecule has 0 unspecified atom stereocenters. The van der Waals surface area contributed by atoms with Crippen molar-refractivity contribution in [1.82, 2.24) is 10.2 Å². The number of anilines is 1. The molecule has 3 rings (SSSR count). The van der Waals surface area contributed by atoms with Crippen LogP contribution >= 0.6 is 23.4 Å². The van der Waals surface area contributed by atoms with E-state index in [0.29, 0.717) is 11.6 Å². The Morgan fingerprint density at radius 1 is 1.23 bits per heavy atom. The second-order valence-electron chi connectivity index (χ2n) is 5.61. The van der Waals surface area contributed by atoms with Crippen molar-refractivity contribution in [2.24, 2.45) is 0 Å². The summed E-state index contributed by atoms with van der Waals surface area (Å²) in [6.45, 7) is 3.69. The molecule has 0 saturated carbocycles. The van der Waals surface area contributed by atoms with Crippen LogP contribution in [-0.4, -0.2) is 21.4 Å². The number of hydrogen-bond acceptors (Lipinski definition) is 5. The van der Waals surface area contributed by atoms with E-state index in [2.05, 4.69) is 15.5 Å². The normalized spacial score (nSPS) is 12.0. The summed E-state index contributed by atoms with van der Waals surface area (Å²) in [6, 6.07) is 11.5. The number of hydrogen-bond donors (Lipinski definition) is 1. The molecule has 1 heterocycles. The van der Waals surface area contributed by atoms with Gasteiger partial charge in [0.1, 0.15) is 5.82 Å². The van der Waals surface area contributed by atoms with Crippen molar-refractivity contribution in [2.75, 3.05) is 5.32 Å². The maximum Gasteiger partial charge on any atom is 0.277 e. The minimum atomic E-state index is -0.512. The molecule has 0 bridgehead atoms. The first kappa shape index (κ1) is 18.4. The van der Waals surface area contributed by atoms with Crippen LogP contribution in [-0.2, 0) is 4.79 Å². The van der Waals surface area contributed by atoms with Gasteiger partial charge in [0, 0.05) is 5.56 Å². The largest absolute Gasteiger partial charge is 0.411 e. The maximum absolute atomic E-state index is 13.1. The fraction of sp³-hybridized carbons (Fsp3) is 0.167. The molecule has 8 heteroatoms. The minimum Gasteiger partial charge on any atom is -0.411 e. The van der Waals surface area contributed by atoms with Crippen LogP contribution in [0.15, 0.2) is 52.1 Å². The first-order chi connectivity index (χ1) is 12.4. The molecule has 2 aromatic carbocycles. The van der Waals surface area contributed by atoms with E-state index in [1.807, 2.05) is 31.2 Å². The van der Waals surface area contributed by atoms with E-state index in [0.717, 1.165) is 29.0 Å². The second-order valence-corrected chi connectivity index (χ2v) is 7.31. The van der Waals surface area contributed by atoms with Crippen molar-refractivity contribution in [1.29, 1.82) is 0 Å². The van der Waals surface area contributed by atoms with Crippen molar-refractivity contribution < 1.29 is 13.6 Å². The predicted octanol–water partition coefficient (Wildman–Crippen LogP) is 4.96. The van der Waals surface area contributed by atoms with Gasteiger partial charge in [-0.3, -0.25) is 4.79 Å². The number of amides is 1.